The van der Waals surface area contributed by atoms with Gasteiger partial charge in [0, 0.05) is 6.20 Å². The molecule has 7 heteroatoms. The molecule has 0 aliphatic rings. The van der Waals surface area contributed by atoms with E-state index < -0.39 is 18.9 Å². The zero-order chi connectivity index (χ0) is 12.2. The molecule has 1 amide bonds. The lowest BCUT2D eigenvalue weighted by Crippen LogP contribution is -2.23. The molecule has 16 heavy (non-hydrogen) atoms. The molecule has 0 radical (unpaired) electrons. The van der Waals surface area contributed by atoms with E-state index in [0.717, 1.165) is 5.56 Å². The molecule has 1 N–H and O–H groups in total. The Bertz CT molecular complexity index is 379. The first-order valence-electron chi connectivity index (χ1n) is 4.29. The van der Waals surface area contributed by atoms with E-state index in [9.17, 15) is 18.0 Å². The van der Waals surface area contributed by atoms with Crippen LogP contribution in [0.4, 0.5) is 23.7 Å². The molecule has 0 atom stereocenters. The maximum absolute atomic E-state index is 11.7. The number of hydrogen-bond acceptors (Lipinski definition) is 3. The van der Waals surface area contributed by atoms with Gasteiger partial charge in [-0.15, -0.1) is 0 Å². The van der Waals surface area contributed by atoms with Crippen LogP contribution in [0.2, 0.25) is 0 Å². The van der Waals surface area contributed by atoms with Gasteiger partial charge in [-0.25, -0.2) is 4.79 Å². The molecular formula is C9H9F3N2O2. The van der Waals surface area contributed by atoms with Crippen LogP contribution >= 0.6 is 0 Å². The highest BCUT2D eigenvalue weighted by Crippen LogP contribution is 2.15. The Morgan fingerprint density at radius 1 is 1.50 bits per heavy atom. The molecule has 0 fully saturated rings. The first-order valence-corrected chi connectivity index (χ1v) is 4.29. The molecule has 0 saturated heterocycles. The third kappa shape index (κ3) is 4.63. The highest BCUT2D eigenvalue weighted by atomic mass is 19.4. The van der Waals surface area contributed by atoms with E-state index >= 15 is 0 Å². The average molecular weight is 234 g/mol. The molecule has 0 unspecified atom stereocenters. The lowest BCUT2D eigenvalue weighted by Gasteiger charge is -2.08. The van der Waals surface area contributed by atoms with Crippen LogP contribution in [0, 0.1) is 6.92 Å². The molecular weight excluding hydrogens is 225 g/mol. The SMILES string of the molecule is Cc1cncc(NC(=O)OCC(F)(F)F)c1. The van der Waals surface area contributed by atoms with Gasteiger partial charge < -0.3 is 4.74 Å². The number of ether oxygens (including phenoxy) is 1. The van der Waals surface area contributed by atoms with Gasteiger partial charge >= 0.3 is 12.3 Å². The van der Waals surface area contributed by atoms with Crippen LogP contribution in [-0.4, -0.2) is 23.9 Å². The molecule has 0 bridgehead atoms. The summed E-state index contributed by atoms with van der Waals surface area (Å²) in [4.78, 5) is 14.7. The zero-order valence-corrected chi connectivity index (χ0v) is 8.34. The second-order valence-electron chi connectivity index (χ2n) is 3.07. The predicted octanol–water partition coefficient (Wildman–Crippen LogP) is 2.50. The number of carbonyl (C=O) groups is 1. The summed E-state index contributed by atoms with van der Waals surface area (Å²) in [5.74, 6) is 0. The average Bonchev–Trinajstić information content (AvgIpc) is 2.14. The Balaban J connectivity index is 2.46. The van der Waals surface area contributed by atoms with E-state index in [1.165, 1.54) is 6.20 Å². The van der Waals surface area contributed by atoms with Crippen molar-refractivity contribution in [3.8, 4) is 0 Å². The van der Waals surface area contributed by atoms with Crippen molar-refractivity contribution in [1.82, 2.24) is 4.98 Å². The monoisotopic (exact) mass is 234 g/mol. The number of amides is 1. The largest absolute Gasteiger partial charge is 0.440 e. The Kier molecular flexibility index (Phi) is 3.70. The number of hydrogen-bond donors (Lipinski definition) is 1. The van der Waals surface area contributed by atoms with E-state index in [1.807, 2.05) is 0 Å². The van der Waals surface area contributed by atoms with E-state index in [1.54, 1.807) is 19.2 Å². The van der Waals surface area contributed by atoms with Crippen molar-refractivity contribution in [1.29, 1.82) is 0 Å². The first-order chi connectivity index (χ1) is 7.37. The van der Waals surface area contributed by atoms with Gasteiger partial charge in [-0.1, -0.05) is 0 Å². The molecule has 0 aromatic carbocycles. The molecule has 88 valence electrons. The van der Waals surface area contributed by atoms with Crippen molar-refractivity contribution in [2.45, 2.75) is 13.1 Å². The van der Waals surface area contributed by atoms with Gasteiger partial charge in [0.25, 0.3) is 0 Å². The smallest absolute Gasteiger partial charge is 0.422 e. The number of pyridine rings is 1. The lowest BCUT2D eigenvalue weighted by atomic mass is 10.3. The van der Waals surface area contributed by atoms with E-state index in [4.69, 9.17) is 0 Å². The number of halogens is 3. The molecule has 4 nitrogen and oxygen atoms in total. The number of nitrogens with zero attached hydrogens (tertiary/aromatic N) is 1. The molecule has 1 aromatic heterocycles. The molecule has 1 heterocycles. The van der Waals surface area contributed by atoms with Crippen LogP contribution in [0.5, 0.6) is 0 Å². The Morgan fingerprint density at radius 3 is 2.75 bits per heavy atom. The summed E-state index contributed by atoms with van der Waals surface area (Å²) >= 11 is 0. The van der Waals surface area contributed by atoms with Crippen molar-refractivity contribution in [2.75, 3.05) is 11.9 Å². The van der Waals surface area contributed by atoms with Crippen molar-refractivity contribution in [2.24, 2.45) is 0 Å². The van der Waals surface area contributed by atoms with Crippen molar-refractivity contribution in [3.05, 3.63) is 24.0 Å². The molecule has 0 saturated carbocycles. The summed E-state index contributed by atoms with van der Waals surface area (Å²) in [5.41, 5.74) is 1.06. The number of aryl methyl sites for hydroxylation is 1. The molecule has 0 aliphatic carbocycles. The van der Waals surface area contributed by atoms with E-state index in [0.29, 0.717) is 0 Å². The summed E-state index contributed by atoms with van der Waals surface area (Å²) in [5, 5.41) is 2.13. The fraction of sp³-hybridized carbons (Fsp3) is 0.333. The predicted molar refractivity (Wildman–Crippen MR) is 50.0 cm³/mol. The lowest BCUT2D eigenvalue weighted by molar-refractivity contribution is -0.159. The normalized spacial score (nSPS) is 11.0. The summed E-state index contributed by atoms with van der Waals surface area (Å²) in [7, 11) is 0. The fourth-order valence-electron chi connectivity index (χ4n) is 0.925. The van der Waals surface area contributed by atoms with Gasteiger partial charge in [0.05, 0.1) is 11.9 Å². The maximum Gasteiger partial charge on any atom is 0.422 e. The van der Waals surface area contributed by atoms with E-state index in [2.05, 4.69) is 15.0 Å². The van der Waals surface area contributed by atoms with Gasteiger partial charge in [-0.05, 0) is 18.6 Å². The number of nitrogens with one attached hydrogen (secondary N) is 1. The minimum absolute atomic E-state index is 0.284. The second kappa shape index (κ2) is 4.82. The number of aromatic nitrogens is 1. The number of rotatable bonds is 2. The Morgan fingerprint density at radius 2 is 2.19 bits per heavy atom. The van der Waals surface area contributed by atoms with Gasteiger partial charge in [-0.3, -0.25) is 10.3 Å². The highest BCUT2D eigenvalue weighted by molar-refractivity contribution is 5.84. The molecule has 0 aliphatic heterocycles. The first kappa shape index (κ1) is 12.3. The molecule has 1 rings (SSSR count). The van der Waals surface area contributed by atoms with Crippen LogP contribution in [0.15, 0.2) is 18.5 Å². The van der Waals surface area contributed by atoms with Gasteiger partial charge in [-0.2, -0.15) is 13.2 Å². The molecule has 1 aromatic rings. The van der Waals surface area contributed by atoms with Crippen LogP contribution in [0.1, 0.15) is 5.56 Å². The van der Waals surface area contributed by atoms with Crippen LogP contribution in [0.25, 0.3) is 0 Å². The van der Waals surface area contributed by atoms with Gasteiger partial charge in [0.15, 0.2) is 6.61 Å². The fourth-order valence-corrected chi connectivity index (χ4v) is 0.925. The van der Waals surface area contributed by atoms with Crippen molar-refractivity contribution >= 4 is 11.8 Å². The van der Waals surface area contributed by atoms with Gasteiger partial charge in [0.1, 0.15) is 0 Å². The van der Waals surface area contributed by atoms with E-state index in [-0.39, 0.29) is 5.69 Å². The van der Waals surface area contributed by atoms with Crippen molar-refractivity contribution < 1.29 is 22.7 Å². The Hall–Kier alpha value is -1.79. The van der Waals surface area contributed by atoms with Crippen LogP contribution < -0.4 is 5.32 Å². The van der Waals surface area contributed by atoms with Crippen LogP contribution in [0.3, 0.4) is 0 Å². The maximum atomic E-state index is 11.7. The van der Waals surface area contributed by atoms with Crippen LogP contribution in [-0.2, 0) is 4.74 Å². The molecule has 0 spiro atoms. The minimum atomic E-state index is -4.53. The third-order valence-electron chi connectivity index (χ3n) is 1.49. The van der Waals surface area contributed by atoms with Crippen molar-refractivity contribution in [3.63, 3.8) is 0 Å². The summed E-state index contributed by atoms with van der Waals surface area (Å²) in [6.45, 7) is 0.122. The van der Waals surface area contributed by atoms with Gasteiger partial charge in [0.2, 0.25) is 0 Å². The highest BCUT2D eigenvalue weighted by Gasteiger charge is 2.29. The summed E-state index contributed by atoms with van der Waals surface area (Å²) in [6, 6.07) is 1.56. The zero-order valence-electron chi connectivity index (χ0n) is 8.34. The minimum Gasteiger partial charge on any atom is -0.440 e. The summed E-state index contributed by atoms with van der Waals surface area (Å²) < 4.78 is 39.1. The number of alkyl halides is 3. The standard InChI is InChI=1S/C9H9F3N2O2/c1-6-2-7(4-13-3-6)14-8(15)16-5-9(10,11)12/h2-4H,5H2,1H3,(H,14,15). The Labute approximate surface area is 89.4 Å². The topological polar surface area (TPSA) is 51.2 Å². The quantitative estimate of drug-likeness (QED) is 0.855. The number of carbonyl (C=O) groups excluding carboxylic acids is 1. The summed E-state index contributed by atoms with van der Waals surface area (Å²) in [6.07, 6.45) is -2.83. The number of anilines is 1. The second-order valence-corrected chi connectivity index (χ2v) is 3.07. The third-order valence-corrected chi connectivity index (χ3v) is 1.49.